The first kappa shape index (κ1) is 12.4. The Hall–Kier alpha value is -1.24. The third kappa shape index (κ3) is 8.76. The van der Waals surface area contributed by atoms with Gasteiger partial charge >= 0.3 is 6.03 Å². The molecule has 0 fully saturated rings. The molecule has 0 bridgehead atoms. The maximum atomic E-state index is 10.7. The molecule has 0 aromatic rings. The van der Waals surface area contributed by atoms with Crippen molar-refractivity contribution in [1.82, 2.24) is 9.80 Å². The molecule has 2 amide bonds. The Kier molecular flexibility index (Phi) is 7.77. The molecule has 0 aliphatic carbocycles. The van der Waals surface area contributed by atoms with Gasteiger partial charge in [-0.2, -0.15) is 5.26 Å². The molecule has 0 saturated carbocycles. The Balaban J connectivity index is 0. The first-order valence-corrected chi connectivity index (χ1v) is 3.16. The van der Waals surface area contributed by atoms with E-state index in [4.69, 9.17) is 5.26 Å². The predicted molar refractivity (Wildman–Crippen MR) is 44.1 cm³/mol. The first-order chi connectivity index (χ1) is 4.97. The Morgan fingerprint density at radius 1 is 1.18 bits per heavy atom. The van der Waals surface area contributed by atoms with Crippen molar-refractivity contribution in [2.45, 2.75) is 6.92 Å². The van der Waals surface area contributed by atoms with Crippen molar-refractivity contribution >= 4 is 6.03 Å². The second-order valence-electron chi connectivity index (χ2n) is 2.30. The monoisotopic (exact) mass is 157 g/mol. The van der Waals surface area contributed by atoms with Gasteiger partial charge in [0.1, 0.15) is 0 Å². The molecule has 0 N–H and O–H groups in total. The van der Waals surface area contributed by atoms with Crippen molar-refractivity contribution in [2.75, 3.05) is 28.2 Å². The molecule has 11 heavy (non-hydrogen) atoms. The van der Waals surface area contributed by atoms with E-state index in [0.717, 1.165) is 0 Å². The highest BCUT2D eigenvalue weighted by molar-refractivity contribution is 5.72. The van der Waals surface area contributed by atoms with Gasteiger partial charge in [-0.25, -0.2) is 4.79 Å². The molecular weight excluding hydrogens is 142 g/mol. The molecule has 0 saturated heterocycles. The third-order valence-corrected chi connectivity index (χ3v) is 0.765. The van der Waals surface area contributed by atoms with Crippen molar-refractivity contribution in [1.29, 1.82) is 5.26 Å². The lowest BCUT2D eigenvalue weighted by Gasteiger charge is -2.16. The molecule has 4 nitrogen and oxygen atoms in total. The van der Waals surface area contributed by atoms with E-state index >= 15 is 0 Å². The predicted octanol–water partition coefficient (Wildman–Crippen LogP) is 0.759. The molecule has 0 unspecified atom stereocenters. The number of amides is 2. The van der Waals surface area contributed by atoms with E-state index in [-0.39, 0.29) is 6.03 Å². The lowest BCUT2D eigenvalue weighted by molar-refractivity contribution is 0.191. The average Bonchev–Trinajstić information content (AvgIpc) is 1.87. The van der Waals surface area contributed by atoms with Crippen molar-refractivity contribution < 1.29 is 4.79 Å². The number of nitriles is 1. The molecule has 0 aliphatic rings. The highest BCUT2D eigenvalue weighted by atomic mass is 16.2. The third-order valence-electron chi connectivity index (χ3n) is 0.765. The summed E-state index contributed by atoms with van der Waals surface area (Å²) in [5.41, 5.74) is 0. The van der Waals surface area contributed by atoms with Crippen LogP contribution in [0.15, 0.2) is 0 Å². The number of carbonyl (C=O) groups is 1. The lowest BCUT2D eigenvalue weighted by Crippen LogP contribution is -2.33. The number of hydrogen-bond donors (Lipinski definition) is 0. The number of nitrogens with zero attached hydrogens (tertiary/aromatic N) is 3. The Labute approximate surface area is 68.0 Å². The zero-order valence-corrected chi connectivity index (χ0v) is 7.75. The highest BCUT2D eigenvalue weighted by Gasteiger charge is 2.02. The van der Waals surface area contributed by atoms with Crippen molar-refractivity contribution in [3.8, 4) is 6.07 Å². The van der Waals surface area contributed by atoms with E-state index in [0.29, 0.717) is 0 Å². The highest BCUT2D eigenvalue weighted by Crippen LogP contribution is 1.83. The zero-order valence-electron chi connectivity index (χ0n) is 7.75. The lowest BCUT2D eigenvalue weighted by atomic mass is 10.7. The van der Waals surface area contributed by atoms with Gasteiger partial charge < -0.3 is 9.80 Å². The fourth-order valence-electron chi connectivity index (χ4n) is 0.400. The van der Waals surface area contributed by atoms with Crippen molar-refractivity contribution in [3.63, 3.8) is 0 Å². The van der Waals surface area contributed by atoms with Gasteiger partial charge in [-0.3, -0.25) is 0 Å². The Bertz CT molecular complexity index is 136. The van der Waals surface area contributed by atoms with E-state index in [1.54, 1.807) is 34.3 Å². The molecule has 0 atom stereocenters. The number of urea groups is 1. The van der Waals surface area contributed by atoms with Gasteiger partial charge in [0.2, 0.25) is 0 Å². The van der Waals surface area contributed by atoms with Gasteiger partial charge in [0.25, 0.3) is 0 Å². The van der Waals surface area contributed by atoms with Crippen molar-refractivity contribution in [2.24, 2.45) is 0 Å². The molecule has 0 aromatic heterocycles. The van der Waals surface area contributed by atoms with Crippen LogP contribution in [0.2, 0.25) is 0 Å². The minimum absolute atomic E-state index is 0.0185. The minimum atomic E-state index is 0.0185. The second-order valence-corrected chi connectivity index (χ2v) is 2.30. The molecule has 0 spiro atoms. The smallest absolute Gasteiger partial charge is 0.318 e. The fraction of sp³-hybridized carbons (Fsp3) is 0.714. The molecule has 0 heterocycles. The van der Waals surface area contributed by atoms with E-state index in [1.807, 2.05) is 0 Å². The Morgan fingerprint density at radius 2 is 1.36 bits per heavy atom. The van der Waals surface area contributed by atoms with Gasteiger partial charge in [-0.15, -0.1) is 0 Å². The quantitative estimate of drug-likeness (QED) is 0.521. The van der Waals surface area contributed by atoms with Gasteiger partial charge in [0.15, 0.2) is 0 Å². The first-order valence-electron chi connectivity index (χ1n) is 3.16. The Morgan fingerprint density at radius 3 is 1.36 bits per heavy atom. The van der Waals surface area contributed by atoms with Crippen LogP contribution in [0, 0.1) is 11.3 Å². The largest absolute Gasteiger partial charge is 0.331 e. The number of hydrogen-bond acceptors (Lipinski definition) is 2. The van der Waals surface area contributed by atoms with E-state index in [2.05, 4.69) is 0 Å². The molecule has 0 radical (unpaired) electrons. The second kappa shape index (κ2) is 6.87. The summed E-state index contributed by atoms with van der Waals surface area (Å²) in [6, 6.07) is 1.77. The topological polar surface area (TPSA) is 47.3 Å². The van der Waals surface area contributed by atoms with Gasteiger partial charge in [0.05, 0.1) is 6.07 Å². The molecule has 4 heteroatoms. The van der Waals surface area contributed by atoms with Crippen LogP contribution in [0.5, 0.6) is 0 Å². The summed E-state index contributed by atoms with van der Waals surface area (Å²) in [7, 11) is 6.90. The number of rotatable bonds is 0. The van der Waals surface area contributed by atoms with Gasteiger partial charge in [-0.1, -0.05) is 0 Å². The normalized spacial score (nSPS) is 6.91. The standard InChI is InChI=1S/C5H12N2O.C2H3N/c1-6(2)5(8)7(3)4;1-2-3/h1-4H3;1H3. The molecule has 64 valence electrons. The maximum absolute atomic E-state index is 10.7. The summed E-state index contributed by atoms with van der Waals surface area (Å²) in [5.74, 6) is 0. The summed E-state index contributed by atoms with van der Waals surface area (Å²) in [6.07, 6.45) is 0. The van der Waals surface area contributed by atoms with Crippen LogP contribution in [0.25, 0.3) is 0 Å². The van der Waals surface area contributed by atoms with Gasteiger partial charge in [-0.05, 0) is 0 Å². The zero-order chi connectivity index (χ0) is 9.44. The van der Waals surface area contributed by atoms with E-state index < -0.39 is 0 Å². The summed E-state index contributed by atoms with van der Waals surface area (Å²) in [5, 5.41) is 7.32. The summed E-state index contributed by atoms with van der Waals surface area (Å²) >= 11 is 0. The molecular formula is C7H15N3O. The SMILES string of the molecule is CC#N.CN(C)C(=O)N(C)C. The summed E-state index contributed by atoms with van der Waals surface area (Å²) in [6.45, 7) is 1.43. The van der Waals surface area contributed by atoms with Crippen LogP contribution in [-0.2, 0) is 0 Å². The van der Waals surface area contributed by atoms with Crippen LogP contribution in [0.4, 0.5) is 4.79 Å². The van der Waals surface area contributed by atoms with Crippen LogP contribution in [0.1, 0.15) is 6.92 Å². The van der Waals surface area contributed by atoms with Crippen LogP contribution >= 0.6 is 0 Å². The van der Waals surface area contributed by atoms with Gasteiger partial charge in [0, 0.05) is 35.1 Å². The van der Waals surface area contributed by atoms with Crippen LogP contribution < -0.4 is 0 Å². The van der Waals surface area contributed by atoms with E-state index in [1.165, 1.54) is 16.7 Å². The van der Waals surface area contributed by atoms with Crippen LogP contribution in [-0.4, -0.2) is 44.0 Å². The summed E-state index contributed by atoms with van der Waals surface area (Å²) in [4.78, 5) is 13.8. The van der Waals surface area contributed by atoms with E-state index in [9.17, 15) is 4.79 Å². The molecule has 0 aliphatic heterocycles. The number of carbonyl (C=O) groups excluding carboxylic acids is 1. The van der Waals surface area contributed by atoms with Crippen molar-refractivity contribution in [3.05, 3.63) is 0 Å². The summed E-state index contributed by atoms with van der Waals surface area (Å²) < 4.78 is 0. The average molecular weight is 157 g/mol. The molecule has 0 aromatic carbocycles. The minimum Gasteiger partial charge on any atom is -0.331 e. The maximum Gasteiger partial charge on any atom is 0.318 e. The fourth-order valence-corrected chi connectivity index (χ4v) is 0.400. The van der Waals surface area contributed by atoms with Crippen LogP contribution in [0.3, 0.4) is 0 Å². The molecule has 0 rings (SSSR count).